The van der Waals surface area contributed by atoms with Gasteiger partial charge in [0.15, 0.2) is 0 Å². The van der Waals surface area contributed by atoms with Crippen molar-refractivity contribution in [3.05, 3.63) is 0 Å². The Morgan fingerprint density at radius 2 is 1.85 bits per heavy atom. The van der Waals surface area contributed by atoms with Crippen molar-refractivity contribution in [1.29, 1.82) is 0 Å². The first-order valence-corrected chi connectivity index (χ1v) is 6.53. The van der Waals surface area contributed by atoms with Gasteiger partial charge in [-0.15, -0.1) is 0 Å². The lowest BCUT2D eigenvalue weighted by molar-refractivity contribution is 0.227. The van der Waals surface area contributed by atoms with Crippen LogP contribution in [0, 0.1) is 11.8 Å². The Hall–Kier alpha value is 0.310. The quantitative estimate of drug-likeness (QED) is 0.696. The predicted molar refractivity (Wildman–Crippen MR) is 60.2 cm³/mol. The van der Waals surface area contributed by atoms with E-state index < -0.39 is 0 Å². The van der Waals surface area contributed by atoms with Gasteiger partial charge in [-0.2, -0.15) is 11.8 Å². The molecule has 0 aromatic carbocycles. The first-order valence-electron chi connectivity index (χ1n) is 5.55. The van der Waals surface area contributed by atoms with Gasteiger partial charge in [0.25, 0.3) is 0 Å². The molecule has 0 aromatic heterocycles. The van der Waals surface area contributed by atoms with Gasteiger partial charge in [-0.05, 0) is 49.9 Å². The first kappa shape index (κ1) is 9.85. The van der Waals surface area contributed by atoms with Gasteiger partial charge in [0.1, 0.15) is 0 Å². The minimum atomic E-state index is 0.558. The van der Waals surface area contributed by atoms with Gasteiger partial charge < -0.3 is 5.32 Å². The summed E-state index contributed by atoms with van der Waals surface area (Å²) in [6, 6.07) is 0. The molecule has 2 saturated heterocycles. The highest BCUT2D eigenvalue weighted by atomic mass is 32.2. The second-order valence-corrected chi connectivity index (χ2v) is 6.68. The molecule has 0 aliphatic carbocycles. The van der Waals surface area contributed by atoms with Gasteiger partial charge in [0, 0.05) is 4.75 Å². The lowest BCUT2D eigenvalue weighted by atomic mass is 9.77. The second-order valence-electron chi connectivity index (χ2n) is 4.93. The van der Waals surface area contributed by atoms with Crippen LogP contribution in [0.4, 0.5) is 0 Å². The third-order valence-electron chi connectivity index (χ3n) is 3.75. The van der Waals surface area contributed by atoms with Crippen LogP contribution in [-0.4, -0.2) is 23.6 Å². The highest BCUT2D eigenvalue weighted by molar-refractivity contribution is 8.00. The molecule has 1 unspecified atom stereocenters. The molecule has 76 valence electrons. The zero-order valence-electron chi connectivity index (χ0n) is 8.81. The Morgan fingerprint density at radius 3 is 2.38 bits per heavy atom. The van der Waals surface area contributed by atoms with Gasteiger partial charge in [-0.1, -0.05) is 13.8 Å². The molecule has 13 heavy (non-hydrogen) atoms. The van der Waals surface area contributed by atoms with Gasteiger partial charge in [-0.3, -0.25) is 0 Å². The van der Waals surface area contributed by atoms with Crippen molar-refractivity contribution in [3.63, 3.8) is 0 Å². The summed E-state index contributed by atoms with van der Waals surface area (Å²) in [6.45, 7) is 7.39. The smallest absolute Gasteiger partial charge is 0.0134 e. The SMILES string of the molecule is CC1(C)SCCC1C1CCNCC1. The van der Waals surface area contributed by atoms with E-state index in [2.05, 4.69) is 30.9 Å². The van der Waals surface area contributed by atoms with Gasteiger partial charge in [-0.25, -0.2) is 0 Å². The molecule has 1 nitrogen and oxygen atoms in total. The number of thioether (sulfide) groups is 1. The highest BCUT2D eigenvalue weighted by Gasteiger charge is 2.40. The van der Waals surface area contributed by atoms with E-state index in [9.17, 15) is 0 Å². The molecular weight excluding hydrogens is 178 g/mol. The molecular formula is C11H21NS. The fourth-order valence-electron chi connectivity index (χ4n) is 2.95. The largest absolute Gasteiger partial charge is 0.317 e. The molecule has 0 aromatic rings. The maximum absolute atomic E-state index is 3.46. The molecule has 2 heterocycles. The topological polar surface area (TPSA) is 12.0 Å². The van der Waals surface area contributed by atoms with Gasteiger partial charge in [0.05, 0.1) is 0 Å². The van der Waals surface area contributed by atoms with Gasteiger partial charge >= 0.3 is 0 Å². The minimum Gasteiger partial charge on any atom is -0.317 e. The molecule has 1 atom stereocenters. The lowest BCUT2D eigenvalue weighted by Gasteiger charge is -2.35. The molecule has 0 saturated carbocycles. The van der Waals surface area contributed by atoms with E-state index in [-0.39, 0.29) is 0 Å². The molecule has 0 amide bonds. The van der Waals surface area contributed by atoms with Crippen LogP contribution in [0.15, 0.2) is 0 Å². The zero-order valence-corrected chi connectivity index (χ0v) is 9.62. The molecule has 2 heteroatoms. The predicted octanol–water partition coefficient (Wildman–Crippen LogP) is 2.52. The summed E-state index contributed by atoms with van der Waals surface area (Å²) in [4.78, 5) is 0. The van der Waals surface area contributed by atoms with Crippen molar-refractivity contribution in [2.45, 2.75) is 37.9 Å². The van der Waals surface area contributed by atoms with E-state index in [0.717, 1.165) is 11.8 Å². The van der Waals surface area contributed by atoms with E-state index in [4.69, 9.17) is 0 Å². The standard InChI is InChI=1S/C11H21NS/c1-11(2)10(5-8-13-11)9-3-6-12-7-4-9/h9-10,12H,3-8H2,1-2H3. The highest BCUT2D eigenvalue weighted by Crippen LogP contribution is 2.47. The third kappa shape index (κ3) is 2.04. The lowest BCUT2D eigenvalue weighted by Crippen LogP contribution is -2.37. The summed E-state index contributed by atoms with van der Waals surface area (Å²) in [6.07, 6.45) is 4.28. The zero-order chi connectivity index (χ0) is 9.31. The average Bonchev–Trinajstić information content (AvgIpc) is 2.47. The second kappa shape index (κ2) is 3.82. The van der Waals surface area contributed by atoms with Crippen LogP contribution in [-0.2, 0) is 0 Å². The van der Waals surface area contributed by atoms with E-state index >= 15 is 0 Å². The Morgan fingerprint density at radius 1 is 1.15 bits per heavy atom. The van der Waals surface area contributed by atoms with E-state index in [1.54, 1.807) is 0 Å². The number of nitrogens with one attached hydrogen (secondary N) is 1. The molecule has 0 bridgehead atoms. The summed E-state index contributed by atoms with van der Waals surface area (Å²) in [7, 11) is 0. The summed E-state index contributed by atoms with van der Waals surface area (Å²) >= 11 is 2.18. The molecule has 2 rings (SSSR count). The van der Waals surface area contributed by atoms with Crippen molar-refractivity contribution in [3.8, 4) is 0 Å². The van der Waals surface area contributed by atoms with Gasteiger partial charge in [0.2, 0.25) is 0 Å². The third-order valence-corrected chi connectivity index (χ3v) is 5.24. The van der Waals surface area contributed by atoms with Crippen molar-refractivity contribution >= 4 is 11.8 Å². The molecule has 2 aliphatic heterocycles. The number of piperidine rings is 1. The minimum absolute atomic E-state index is 0.558. The monoisotopic (exact) mass is 199 g/mol. The maximum Gasteiger partial charge on any atom is 0.0134 e. The fraction of sp³-hybridized carbons (Fsp3) is 1.00. The number of hydrogen-bond acceptors (Lipinski definition) is 2. The normalized spacial score (nSPS) is 35.1. The Balaban J connectivity index is 1.98. The summed E-state index contributed by atoms with van der Waals surface area (Å²) < 4.78 is 0.558. The molecule has 2 aliphatic rings. The van der Waals surface area contributed by atoms with Crippen LogP contribution in [0.25, 0.3) is 0 Å². The number of hydrogen-bond donors (Lipinski definition) is 1. The first-order chi connectivity index (χ1) is 6.20. The molecule has 1 N–H and O–H groups in total. The summed E-state index contributed by atoms with van der Waals surface area (Å²) in [5.74, 6) is 3.38. The fourth-order valence-corrected chi connectivity index (χ4v) is 4.38. The van der Waals surface area contributed by atoms with Crippen molar-refractivity contribution in [1.82, 2.24) is 5.32 Å². The average molecular weight is 199 g/mol. The van der Waals surface area contributed by atoms with Crippen molar-refractivity contribution < 1.29 is 0 Å². The van der Waals surface area contributed by atoms with Crippen LogP contribution in [0.5, 0.6) is 0 Å². The summed E-state index contributed by atoms with van der Waals surface area (Å²) in [5, 5.41) is 3.46. The van der Waals surface area contributed by atoms with Crippen molar-refractivity contribution in [2.24, 2.45) is 11.8 Å². The van der Waals surface area contributed by atoms with Crippen LogP contribution < -0.4 is 5.32 Å². The van der Waals surface area contributed by atoms with Crippen LogP contribution >= 0.6 is 11.8 Å². The molecule has 0 spiro atoms. The Bertz CT molecular complexity index is 173. The Labute approximate surface area is 86.0 Å². The van der Waals surface area contributed by atoms with Crippen LogP contribution in [0.1, 0.15) is 33.1 Å². The molecule has 2 fully saturated rings. The van der Waals surface area contributed by atoms with E-state index in [1.165, 1.54) is 38.1 Å². The van der Waals surface area contributed by atoms with Crippen LogP contribution in [0.3, 0.4) is 0 Å². The van der Waals surface area contributed by atoms with Crippen LogP contribution in [0.2, 0.25) is 0 Å². The maximum atomic E-state index is 3.46. The van der Waals surface area contributed by atoms with Crippen molar-refractivity contribution in [2.75, 3.05) is 18.8 Å². The summed E-state index contributed by atoms with van der Waals surface area (Å²) in [5.41, 5.74) is 0. The number of rotatable bonds is 1. The van der Waals surface area contributed by atoms with E-state index in [1.807, 2.05) is 0 Å². The molecule has 0 radical (unpaired) electrons. The van der Waals surface area contributed by atoms with E-state index in [0.29, 0.717) is 4.75 Å². The Kier molecular flexibility index (Phi) is 2.89.